The van der Waals surface area contributed by atoms with Crippen molar-refractivity contribution in [1.82, 2.24) is 5.43 Å². The maximum Gasteiger partial charge on any atom is 0.271 e. The standard InChI is InChI=1S/C17H17N3O4/c1-12(2)24-16-9-4-3-6-14(16)11-18-19-17(21)13-7-5-8-15(10-13)20(22)23/h3-12H,1-2H3,(H,19,21). The Labute approximate surface area is 139 Å². The van der Waals surface area contributed by atoms with Crippen molar-refractivity contribution < 1.29 is 14.5 Å². The third-order valence-corrected chi connectivity index (χ3v) is 2.97. The number of carbonyl (C=O) groups is 1. The molecule has 0 bridgehead atoms. The number of nitrogens with one attached hydrogen (secondary N) is 1. The van der Waals surface area contributed by atoms with E-state index in [1.807, 2.05) is 32.0 Å². The highest BCUT2D eigenvalue weighted by atomic mass is 16.6. The molecule has 0 aromatic heterocycles. The summed E-state index contributed by atoms with van der Waals surface area (Å²) in [5.74, 6) is 0.123. The van der Waals surface area contributed by atoms with Gasteiger partial charge < -0.3 is 4.74 Å². The number of benzene rings is 2. The summed E-state index contributed by atoms with van der Waals surface area (Å²) in [4.78, 5) is 22.2. The van der Waals surface area contributed by atoms with Crippen LogP contribution in [0.15, 0.2) is 53.6 Å². The number of nitrogens with zero attached hydrogens (tertiary/aromatic N) is 2. The molecule has 1 amide bonds. The average Bonchev–Trinajstić information content (AvgIpc) is 2.56. The summed E-state index contributed by atoms with van der Waals surface area (Å²) in [6.07, 6.45) is 1.48. The molecule has 1 N–H and O–H groups in total. The molecule has 0 heterocycles. The molecule has 0 saturated carbocycles. The molecule has 24 heavy (non-hydrogen) atoms. The first-order valence-corrected chi connectivity index (χ1v) is 7.31. The van der Waals surface area contributed by atoms with Crippen LogP contribution in [0.3, 0.4) is 0 Å². The Kier molecular flexibility index (Phi) is 5.62. The zero-order valence-corrected chi connectivity index (χ0v) is 13.3. The van der Waals surface area contributed by atoms with Crippen LogP contribution >= 0.6 is 0 Å². The van der Waals surface area contributed by atoms with E-state index in [1.54, 1.807) is 6.07 Å². The van der Waals surface area contributed by atoms with E-state index >= 15 is 0 Å². The van der Waals surface area contributed by atoms with Gasteiger partial charge in [0.2, 0.25) is 0 Å². The van der Waals surface area contributed by atoms with Crippen LogP contribution in [0.5, 0.6) is 5.75 Å². The van der Waals surface area contributed by atoms with Gasteiger partial charge in [0, 0.05) is 23.3 Å². The number of hydrogen-bond donors (Lipinski definition) is 1. The predicted molar refractivity (Wildman–Crippen MR) is 90.4 cm³/mol. The normalized spacial score (nSPS) is 10.8. The Morgan fingerprint density at radius 3 is 2.71 bits per heavy atom. The highest BCUT2D eigenvalue weighted by Crippen LogP contribution is 2.17. The monoisotopic (exact) mass is 327 g/mol. The third kappa shape index (κ3) is 4.64. The van der Waals surface area contributed by atoms with E-state index in [0.717, 1.165) is 0 Å². The van der Waals surface area contributed by atoms with Gasteiger partial charge in [0.15, 0.2) is 0 Å². The van der Waals surface area contributed by atoms with Gasteiger partial charge in [-0.05, 0) is 32.0 Å². The Morgan fingerprint density at radius 2 is 2.00 bits per heavy atom. The number of nitro groups is 1. The molecule has 0 saturated heterocycles. The minimum Gasteiger partial charge on any atom is -0.490 e. The van der Waals surface area contributed by atoms with Gasteiger partial charge in [0.25, 0.3) is 11.6 Å². The molecular formula is C17H17N3O4. The summed E-state index contributed by atoms with van der Waals surface area (Å²) in [7, 11) is 0. The van der Waals surface area contributed by atoms with E-state index in [9.17, 15) is 14.9 Å². The SMILES string of the molecule is CC(C)Oc1ccccc1C=NNC(=O)c1cccc([N+](=O)[O-])c1. The Bertz CT molecular complexity index is 772. The molecule has 2 rings (SSSR count). The summed E-state index contributed by atoms with van der Waals surface area (Å²) < 4.78 is 5.65. The van der Waals surface area contributed by atoms with Gasteiger partial charge in [0.05, 0.1) is 17.2 Å². The molecule has 0 spiro atoms. The van der Waals surface area contributed by atoms with E-state index in [0.29, 0.717) is 11.3 Å². The smallest absolute Gasteiger partial charge is 0.271 e. The number of amides is 1. The van der Waals surface area contributed by atoms with Crippen LogP contribution in [-0.2, 0) is 0 Å². The average molecular weight is 327 g/mol. The van der Waals surface area contributed by atoms with Crippen molar-refractivity contribution in [2.45, 2.75) is 20.0 Å². The van der Waals surface area contributed by atoms with Crippen molar-refractivity contribution in [3.63, 3.8) is 0 Å². The van der Waals surface area contributed by atoms with Crippen molar-refractivity contribution in [2.75, 3.05) is 0 Å². The second-order valence-corrected chi connectivity index (χ2v) is 5.21. The number of rotatable bonds is 6. The van der Waals surface area contributed by atoms with Crippen molar-refractivity contribution >= 4 is 17.8 Å². The quantitative estimate of drug-likeness (QED) is 0.501. The van der Waals surface area contributed by atoms with E-state index in [2.05, 4.69) is 10.5 Å². The Balaban J connectivity index is 2.08. The van der Waals surface area contributed by atoms with Gasteiger partial charge in [-0.3, -0.25) is 14.9 Å². The molecule has 2 aromatic rings. The number of para-hydroxylation sites is 1. The fraction of sp³-hybridized carbons (Fsp3) is 0.176. The lowest BCUT2D eigenvalue weighted by Gasteiger charge is -2.11. The predicted octanol–water partition coefficient (Wildman–Crippen LogP) is 3.15. The van der Waals surface area contributed by atoms with Gasteiger partial charge in [-0.2, -0.15) is 5.10 Å². The lowest BCUT2D eigenvalue weighted by atomic mass is 10.2. The van der Waals surface area contributed by atoms with E-state index < -0.39 is 10.8 Å². The number of non-ortho nitro benzene ring substituents is 1. The Morgan fingerprint density at radius 1 is 1.25 bits per heavy atom. The summed E-state index contributed by atoms with van der Waals surface area (Å²) in [5.41, 5.74) is 3.07. The Hall–Kier alpha value is -3.22. The van der Waals surface area contributed by atoms with E-state index in [4.69, 9.17) is 4.74 Å². The number of carbonyl (C=O) groups excluding carboxylic acids is 1. The molecule has 2 aromatic carbocycles. The van der Waals surface area contributed by atoms with E-state index in [-0.39, 0.29) is 17.4 Å². The van der Waals surface area contributed by atoms with Gasteiger partial charge in [-0.15, -0.1) is 0 Å². The largest absolute Gasteiger partial charge is 0.490 e. The summed E-state index contributed by atoms with van der Waals surface area (Å²) in [6, 6.07) is 12.7. The molecule has 0 radical (unpaired) electrons. The molecule has 0 aliphatic heterocycles. The van der Waals surface area contributed by atoms with Gasteiger partial charge >= 0.3 is 0 Å². The molecule has 0 atom stereocenters. The molecular weight excluding hydrogens is 310 g/mol. The lowest BCUT2D eigenvalue weighted by molar-refractivity contribution is -0.384. The topological polar surface area (TPSA) is 93.8 Å². The number of ether oxygens (including phenoxy) is 1. The van der Waals surface area contributed by atoms with Crippen LogP contribution in [-0.4, -0.2) is 23.1 Å². The second-order valence-electron chi connectivity index (χ2n) is 5.21. The summed E-state index contributed by atoms with van der Waals surface area (Å²) in [5, 5.41) is 14.6. The van der Waals surface area contributed by atoms with Crippen LogP contribution in [0.2, 0.25) is 0 Å². The highest BCUT2D eigenvalue weighted by Gasteiger charge is 2.10. The van der Waals surface area contributed by atoms with Gasteiger partial charge in [0.1, 0.15) is 5.75 Å². The number of hydrazone groups is 1. The molecule has 124 valence electrons. The lowest BCUT2D eigenvalue weighted by Crippen LogP contribution is -2.17. The molecule has 0 aliphatic rings. The van der Waals surface area contributed by atoms with Crippen molar-refractivity contribution in [2.24, 2.45) is 5.10 Å². The third-order valence-electron chi connectivity index (χ3n) is 2.97. The van der Waals surface area contributed by atoms with Crippen LogP contribution in [0, 0.1) is 10.1 Å². The number of hydrogen-bond acceptors (Lipinski definition) is 5. The molecule has 0 fully saturated rings. The molecule has 7 heteroatoms. The first-order chi connectivity index (χ1) is 11.5. The minimum absolute atomic E-state index is 0.0130. The van der Waals surface area contributed by atoms with Gasteiger partial charge in [-0.1, -0.05) is 18.2 Å². The fourth-order valence-corrected chi connectivity index (χ4v) is 1.93. The first-order valence-electron chi connectivity index (χ1n) is 7.31. The van der Waals surface area contributed by atoms with Crippen LogP contribution in [0.25, 0.3) is 0 Å². The molecule has 7 nitrogen and oxygen atoms in total. The highest BCUT2D eigenvalue weighted by molar-refractivity contribution is 5.95. The van der Waals surface area contributed by atoms with Crippen LogP contribution in [0.1, 0.15) is 29.8 Å². The zero-order chi connectivity index (χ0) is 17.5. The van der Waals surface area contributed by atoms with Crippen molar-refractivity contribution in [1.29, 1.82) is 0 Å². The molecule has 0 unspecified atom stereocenters. The summed E-state index contributed by atoms with van der Waals surface area (Å²) >= 11 is 0. The van der Waals surface area contributed by atoms with Crippen molar-refractivity contribution in [3.05, 3.63) is 69.8 Å². The maximum absolute atomic E-state index is 12.0. The van der Waals surface area contributed by atoms with Crippen molar-refractivity contribution in [3.8, 4) is 5.75 Å². The fourth-order valence-electron chi connectivity index (χ4n) is 1.93. The van der Waals surface area contributed by atoms with Gasteiger partial charge in [-0.25, -0.2) is 5.43 Å². The molecule has 0 aliphatic carbocycles. The van der Waals surface area contributed by atoms with Crippen LogP contribution < -0.4 is 10.2 Å². The van der Waals surface area contributed by atoms with Crippen LogP contribution in [0.4, 0.5) is 5.69 Å². The first kappa shape index (κ1) is 17.1. The second kappa shape index (κ2) is 7.87. The van der Waals surface area contributed by atoms with E-state index in [1.165, 1.54) is 30.5 Å². The maximum atomic E-state index is 12.0. The summed E-state index contributed by atoms with van der Waals surface area (Å²) in [6.45, 7) is 3.83. The zero-order valence-electron chi connectivity index (χ0n) is 13.3. The number of nitro benzene ring substituents is 1. The minimum atomic E-state index is -0.556.